The molecule has 1 nitrogen and oxygen atoms in total. The van der Waals surface area contributed by atoms with Gasteiger partial charge >= 0.3 is 0 Å². The lowest BCUT2D eigenvalue weighted by Gasteiger charge is -2.18. The second kappa shape index (κ2) is 6.42. The number of hydrogen-bond donors (Lipinski definition) is 1. The summed E-state index contributed by atoms with van der Waals surface area (Å²) in [6.07, 6.45) is 3.83. The maximum Gasteiger partial charge on any atom is 0.0701 e. The quantitative estimate of drug-likeness (QED) is 0.782. The number of aryl methyl sites for hydroxylation is 1. The zero-order valence-electron chi connectivity index (χ0n) is 11.7. The van der Waals surface area contributed by atoms with Gasteiger partial charge in [0.05, 0.1) is 3.79 Å². The molecule has 1 atom stereocenters. The summed E-state index contributed by atoms with van der Waals surface area (Å²) >= 11 is 5.42. The third-order valence-corrected chi connectivity index (χ3v) is 5.50. The lowest BCUT2D eigenvalue weighted by molar-refractivity contribution is 0.580. The Morgan fingerprint density at radius 2 is 1.95 bits per heavy atom. The van der Waals surface area contributed by atoms with Gasteiger partial charge < -0.3 is 5.32 Å². The molecule has 0 radical (unpaired) electrons. The van der Waals surface area contributed by atoms with Crippen LogP contribution in [0.5, 0.6) is 0 Å². The van der Waals surface area contributed by atoms with Crippen LogP contribution in [0.3, 0.4) is 0 Å². The molecule has 1 N–H and O–H groups in total. The second-order valence-electron chi connectivity index (χ2n) is 5.70. The van der Waals surface area contributed by atoms with Crippen molar-refractivity contribution in [2.24, 2.45) is 0 Å². The van der Waals surface area contributed by atoms with E-state index in [0.29, 0.717) is 5.92 Å². The van der Waals surface area contributed by atoms with Crippen molar-refractivity contribution >= 4 is 27.3 Å². The first-order valence-electron chi connectivity index (χ1n) is 7.25. The normalized spacial score (nSPS) is 16.3. The first-order chi connectivity index (χ1) is 9.70. The summed E-state index contributed by atoms with van der Waals surface area (Å²) in [5.41, 5.74) is 2.79. The highest BCUT2D eigenvalue weighted by atomic mass is 79.9. The molecule has 2 aromatic rings. The van der Waals surface area contributed by atoms with E-state index in [1.165, 1.54) is 32.6 Å². The standard InChI is InChI=1S/C17H20BrNS/c1-12-2-4-13(5-3-12)14(11-19-15-6-7-15)10-16-8-9-17(18)20-16/h2-5,8-9,14-15,19H,6-7,10-11H2,1H3. The molecule has 0 spiro atoms. The fraction of sp³-hybridized carbons (Fsp3) is 0.412. The van der Waals surface area contributed by atoms with E-state index >= 15 is 0 Å². The number of hydrogen-bond acceptors (Lipinski definition) is 2. The summed E-state index contributed by atoms with van der Waals surface area (Å²) in [7, 11) is 0. The van der Waals surface area contributed by atoms with Crippen molar-refractivity contribution in [3.8, 4) is 0 Å². The van der Waals surface area contributed by atoms with Crippen LogP contribution in [0.1, 0.15) is 34.8 Å². The zero-order valence-corrected chi connectivity index (χ0v) is 14.1. The van der Waals surface area contributed by atoms with Gasteiger partial charge in [0.15, 0.2) is 0 Å². The van der Waals surface area contributed by atoms with E-state index in [1.54, 1.807) is 0 Å². The fourth-order valence-electron chi connectivity index (χ4n) is 2.45. The Kier molecular flexibility index (Phi) is 4.59. The second-order valence-corrected chi connectivity index (χ2v) is 8.25. The van der Waals surface area contributed by atoms with E-state index in [9.17, 15) is 0 Å². The third kappa shape index (κ3) is 3.94. The minimum atomic E-state index is 0.571. The highest BCUT2D eigenvalue weighted by molar-refractivity contribution is 9.11. The summed E-state index contributed by atoms with van der Waals surface area (Å²) in [4.78, 5) is 1.46. The first-order valence-corrected chi connectivity index (χ1v) is 8.86. The largest absolute Gasteiger partial charge is 0.313 e. The molecule has 1 aliphatic rings. The summed E-state index contributed by atoms with van der Waals surface area (Å²) in [6, 6.07) is 14.2. The van der Waals surface area contributed by atoms with Crippen LogP contribution in [0, 0.1) is 6.92 Å². The molecule has 1 aromatic carbocycles. The number of rotatable bonds is 6. The molecule has 3 heteroatoms. The molecule has 20 heavy (non-hydrogen) atoms. The van der Waals surface area contributed by atoms with E-state index in [2.05, 4.69) is 64.6 Å². The van der Waals surface area contributed by atoms with E-state index in [0.717, 1.165) is 19.0 Å². The highest BCUT2D eigenvalue weighted by Crippen LogP contribution is 2.29. The molecule has 1 saturated carbocycles. The van der Waals surface area contributed by atoms with Gasteiger partial charge in [-0.15, -0.1) is 11.3 Å². The lowest BCUT2D eigenvalue weighted by atomic mass is 9.94. The molecule has 1 unspecified atom stereocenters. The molecule has 0 saturated heterocycles. The third-order valence-electron chi connectivity index (χ3n) is 3.86. The summed E-state index contributed by atoms with van der Waals surface area (Å²) in [5, 5.41) is 3.69. The minimum absolute atomic E-state index is 0.571. The monoisotopic (exact) mass is 349 g/mol. The molecule has 1 aromatic heterocycles. The Hall–Kier alpha value is -0.640. The van der Waals surface area contributed by atoms with Gasteiger partial charge in [-0.05, 0) is 59.8 Å². The van der Waals surface area contributed by atoms with Crippen molar-refractivity contribution < 1.29 is 0 Å². The minimum Gasteiger partial charge on any atom is -0.313 e. The lowest BCUT2D eigenvalue weighted by Crippen LogP contribution is -2.24. The fourth-order valence-corrected chi connectivity index (χ4v) is 4.01. The Morgan fingerprint density at radius 3 is 2.55 bits per heavy atom. The van der Waals surface area contributed by atoms with Crippen LogP contribution in [0.4, 0.5) is 0 Å². The maximum absolute atomic E-state index is 3.69. The molecule has 1 heterocycles. The van der Waals surface area contributed by atoms with Crippen LogP contribution in [0.15, 0.2) is 40.2 Å². The molecular weight excluding hydrogens is 330 g/mol. The summed E-state index contributed by atoms with van der Waals surface area (Å²) < 4.78 is 1.23. The van der Waals surface area contributed by atoms with Gasteiger partial charge in [0.1, 0.15) is 0 Å². The molecule has 106 valence electrons. The van der Waals surface area contributed by atoms with Crippen molar-refractivity contribution in [1.82, 2.24) is 5.32 Å². The van der Waals surface area contributed by atoms with Crippen molar-refractivity contribution in [2.45, 2.75) is 38.1 Å². The van der Waals surface area contributed by atoms with Gasteiger partial charge in [0.25, 0.3) is 0 Å². The Bertz CT molecular complexity index is 557. The van der Waals surface area contributed by atoms with Gasteiger partial charge in [-0.3, -0.25) is 0 Å². The molecule has 1 aliphatic carbocycles. The predicted octanol–water partition coefficient (Wildman–Crippen LogP) is 4.90. The SMILES string of the molecule is Cc1ccc(C(CNC2CC2)Cc2ccc(Br)s2)cc1. The molecule has 3 rings (SSSR count). The van der Waals surface area contributed by atoms with Gasteiger partial charge in [0, 0.05) is 23.4 Å². The smallest absolute Gasteiger partial charge is 0.0701 e. The van der Waals surface area contributed by atoms with Crippen molar-refractivity contribution in [2.75, 3.05) is 6.54 Å². The number of halogens is 1. The number of nitrogens with one attached hydrogen (secondary N) is 1. The Labute approximate surface area is 133 Å². The summed E-state index contributed by atoms with van der Waals surface area (Å²) in [5.74, 6) is 0.571. The van der Waals surface area contributed by atoms with Crippen LogP contribution in [0.25, 0.3) is 0 Å². The van der Waals surface area contributed by atoms with E-state index in [1.807, 2.05) is 11.3 Å². The van der Waals surface area contributed by atoms with Gasteiger partial charge in [-0.25, -0.2) is 0 Å². The Morgan fingerprint density at radius 1 is 1.20 bits per heavy atom. The van der Waals surface area contributed by atoms with E-state index in [4.69, 9.17) is 0 Å². The van der Waals surface area contributed by atoms with Gasteiger partial charge in [-0.1, -0.05) is 29.8 Å². The van der Waals surface area contributed by atoms with Gasteiger partial charge in [-0.2, -0.15) is 0 Å². The predicted molar refractivity (Wildman–Crippen MR) is 90.7 cm³/mol. The average Bonchev–Trinajstić information content (AvgIpc) is 3.18. The van der Waals surface area contributed by atoms with Crippen LogP contribution >= 0.6 is 27.3 Å². The summed E-state index contributed by atoms with van der Waals surface area (Å²) in [6.45, 7) is 3.24. The van der Waals surface area contributed by atoms with Crippen molar-refractivity contribution in [3.63, 3.8) is 0 Å². The van der Waals surface area contributed by atoms with E-state index in [-0.39, 0.29) is 0 Å². The molecule has 0 aliphatic heterocycles. The van der Waals surface area contributed by atoms with Crippen LogP contribution < -0.4 is 5.32 Å². The van der Waals surface area contributed by atoms with Crippen molar-refractivity contribution in [1.29, 1.82) is 0 Å². The molecule has 1 fully saturated rings. The molecular formula is C17H20BrNS. The number of thiophene rings is 1. The topological polar surface area (TPSA) is 12.0 Å². The van der Waals surface area contributed by atoms with Crippen LogP contribution in [-0.4, -0.2) is 12.6 Å². The van der Waals surface area contributed by atoms with Crippen LogP contribution in [-0.2, 0) is 6.42 Å². The van der Waals surface area contributed by atoms with Crippen molar-refractivity contribution in [3.05, 3.63) is 56.2 Å². The zero-order chi connectivity index (χ0) is 13.9. The van der Waals surface area contributed by atoms with Gasteiger partial charge in [0.2, 0.25) is 0 Å². The first kappa shape index (κ1) is 14.3. The number of benzene rings is 1. The molecule has 0 amide bonds. The van der Waals surface area contributed by atoms with Crippen LogP contribution in [0.2, 0.25) is 0 Å². The molecule has 0 bridgehead atoms. The maximum atomic E-state index is 3.69. The highest BCUT2D eigenvalue weighted by Gasteiger charge is 2.22. The van der Waals surface area contributed by atoms with E-state index < -0.39 is 0 Å². The Balaban J connectivity index is 1.73. The average molecular weight is 350 g/mol.